The molecule has 0 spiro atoms. The normalized spacial score (nSPS) is 27.8. The fourth-order valence-corrected chi connectivity index (χ4v) is 8.83. The monoisotopic (exact) mass is 826 g/mol. The number of carboxylic acid groups (broad SMARTS) is 1. The van der Waals surface area contributed by atoms with Gasteiger partial charge in [0.1, 0.15) is 58.8 Å². The van der Waals surface area contributed by atoms with Crippen LogP contribution in [0.2, 0.25) is 5.02 Å². The minimum absolute atomic E-state index is 0.00329. The number of hydrogen-bond donors (Lipinski definition) is 4. The first kappa shape index (κ1) is 42.1. The average Bonchev–Trinajstić information content (AvgIpc) is 4.05. The molecule has 0 radical (unpaired) electrons. The van der Waals surface area contributed by atoms with Crippen LogP contribution < -0.4 is 25.4 Å². The van der Waals surface area contributed by atoms with Crippen LogP contribution in [0.4, 0.5) is 10.6 Å². The van der Waals surface area contributed by atoms with Crippen molar-refractivity contribution in [2.75, 3.05) is 51.3 Å². The number of aliphatic carboxylic acids is 1. The number of alkyl carbamates (subject to hydrolysis) is 1. The molecule has 0 bridgehead atoms. The van der Waals surface area contributed by atoms with Crippen LogP contribution in [0.3, 0.4) is 0 Å². The second-order valence-electron chi connectivity index (χ2n) is 17.9. The van der Waals surface area contributed by atoms with Gasteiger partial charge in [-0.3, -0.25) is 14.5 Å². The standard InChI is InChI=1S/C42H59ClN6O9/c1-6-25-22-42(25,39(52)53)47-37(50)30-20-28(23-49(30)38(51)36(41(3,4)5)46-40(54)58-27-10-7-24(2)19-27)57-32-21-33(44-26-8-9-26)45-35-29(32)11-12-31(34(35)43)56-18-15-48-13-16-55-17-14-48/h11-12,21,24-28,30,36H,6-10,13-20,22-23H2,1-5H3,(H,44,45)(H,46,54)(H,47,50)(H,52,53)/t24-,25-,27+,28-,30+,36-,42-/m1/s1. The van der Waals surface area contributed by atoms with Crippen molar-refractivity contribution < 1.29 is 43.2 Å². The van der Waals surface area contributed by atoms with Gasteiger partial charge in [-0.2, -0.15) is 0 Å². The summed E-state index contributed by atoms with van der Waals surface area (Å²) in [6.45, 7) is 13.8. The number of hydrogen-bond acceptors (Lipinski definition) is 11. The number of morpholine rings is 1. The number of aromatic nitrogens is 1. The Morgan fingerprint density at radius 2 is 1.83 bits per heavy atom. The first-order chi connectivity index (χ1) is 27.6. The minimum Gasteiger partial charge on any atom is -0.491 e. The van der Waals surface area contributed by atoms with Crippen LogP contribution in [0.25, 0.3) is 10.9 Å². The lowest BCUT2D eigenvalue weighted by Gasteiger charge is -2.35. The summed E-state index contributed by atoms with van der Waals surface area (Å²) < 4.78 is 24.1. The molecule has 7 rings (SSSR count). The SMILES string of the molecule is CC[C@@H]1C[C@]1(NC(=O)[C@@H]1C[C@@H](Oc2cc(NC3CC3)nc3c(Cl)c(OCCN4CCOCC4)ccc23)CN1C(=O)[C@@H](NC(=O)O[C@H]1CC[C@@H](C)C1)C(C)(C)C)C(=O)O. The second-order valence-corrected chi connectivity index (χ2v) is 18.3. The molecule has 5 fully saturated rings. The lowest BCUT2D eigenvalue weighted by molar-refractivity contribution is -0.146. The van der Waals surface area contributed by atoms with Gasteiger partial charge >= 0.3 is 12.1 Å². The quantitative estimate of drug-likeness (QED) is 0.184. The number of benzene rings is 1. The molecule has 1 aromatic carbocycles. The van der Waals surface area contributed by atoms with Crippen molar-refractivity contribution in [3.63, 3.8) is 0 Å². The highest BCUT2D eigenvalue weighted by atomic mass is 35.5. The number of halogens is 1. The first-order valence-corrected chi connectivity index (χ1v) is 21.3. The van der Waals surface area contributed by atoms with E-state index in [9.17, 15) is 24.3 Å². The number of carbonyl (C=O) groups excluding carboxylic acids is 3. The number of anilines is 1. The van der Waals surface area contributed by atoms with Crippen molar-refractivity contribution in [1.29, 1.82) is 0 Å². The van der Waals surface area contributed by atoms with E-state index in [1.807, 2.05) is 39.8 Å². The van der Waals surface area contributed by atoms with E-state index >= 15 is 0 Å². The maximum absolute atomic E-state index is 14.7. The average molecular weight is 827 g/mol. The van der Waals surface area contributed by atoms with E-state index in [0.717, 1.165) is 51.7 Å². The van der Waals surface area contributed by atoms with Crippen LogP contribution in [0.15, 0.2) is 18.2 Å². The molecule has 15 nitrogen and oxygen atoms in total. The summed E-state index contributed by atoms with van der Waals surface area (Å²) in [7, 11) is 0. The highest BCUT2D eigenvalue weighted by Gasteiger charge is 2.61. The zero-order valence-electron chi connectivity index (χ0n) is 34.3. The number of ether oxygens (including phenoxy) is 4. The third kappa shape index (κ3) is 9.52. The van der Waals surface area contributed by atoms with Gasteiger partial charge < -0.3 is 44.9 Å². The van der Waals surface area contributed by atoms with Crippen LogP contribution in [-0.2, 0) is 23.9 Å². The van der Waals surface area contributed by atoms with Crippen molar-refractivity contribution in [3.8, 4) is 11.5 Å². The Hall–Kier alpha value is -4.08. The molecule has 3 amide bonds. The molecule has 318 valence electrons. The number of nitrogens with zero attached hydrogens (tertiary/aromatic N) is 3. The van der Waals surface area contributed by atoms with Crippen molar-refractivity contribution in [3.05, 3.63) is 23.2 Å². The molecule has 5 aliphatic rings. The van der Waals surface area contributed by atoms with Crippen LogP contribution in [0, 0.1) is 17.3 Å². The van der Waals surface area contributed by atoms with Gasteiger partial charge in [-0.05, 0) is 67.9 Å². The molecule has 16 heteroatoms. The summed E-state index contributed by atoms with van der Waals surface area (Å²) in [6, 6.07) is 3.60. The largest absolute Gasteiger partial charge is 0.491 e. The van der Waals surface area contributed by atoms with Crippen LogP contribution in [0.1, 0.15) is 86.0 Å². The maximum atomic E-state index is 14.7. The summed E-state index contributed by atoms with van der Waals surface area (Å²) in [6.07, 6.45) is 3.88. The Balaban J connectivity index is 1.15. The smallest absolute Gasteiger partial charge is 0.408 e. The Bertz CT molecular complexity index is 1870. The number of carbonyl (C=O) groups is 4. The summed E-state index contributed by atoms with van der Waals surface area (Å²) >= 11 is 7.00. The highest BCUT2D eigenvalue weighted by Crippen LogP contribution is 2.46. The first-order valence-electron chi connectivity index (χ1n) is 21.0. The van der Waals surface area contributed by atoms with E-state index in [1.165, 1.54) is 4.90 Å². The summed E-state index contributed by atoms with van der Waals surface area (Å²) in [5.74, 6) is -0.404. The summed E-state index contributed by atoms with van der Waals surface area (Å²) in [5, 5.41) is 20.2. The van der Waals surface area contributed by atoms with Gasteiger partial charge in [-0.15, -0.1) is 0 Å². The lowest BCUT2D eigenvalue weighted by Crippen LogP contribution is -2.59. The summed E-state index contributed by atoms with van der Waals surface area (Å²) in [5.41, 5.74) is -1.68. The van der Waals surface area contributed by atoms with Gasteiger partial charge in [0.05, 0.1) is 25.3 Å². The number of fused-ring (bicyclic) bond motifs is 1. The van der Waals surface area contributed by atoms with Gasteiger partial charge in [-0.25, -0.2) is 14.6 Å². The van der Waals surface area contributed by atoms with E-state index in [1.54, 1.807) is 6.07 Å². The molecule has 2 saturated heterocycles. The van der Waals surface area contributed by atoms with Gasteiger partial charge in [0, 0.05) is 43.5 Å². The van der Waals surface area contributed by atoms with Crippen LogP contribution in [0.5, 0.6) is 11.5 Å². The Morgan fingerprint density at radius 3 is 2.47 bits per heavy atom. The van der Waals surface area contributed by atoms with E-state index < -0.39 is 53.0 Å². The van der Waals surface area contributed by atoms with Gasteiger partial charge in [0.15, 0.2) is 0 Å². The third-order valence-corrected chi connectivity index (χ3v) is 12.7. The number of carboxylic acids is 1. The van der Waals surface area contributed by atoms with Crippen molar-refractivity contribution >= 4 is 52.2 Å². The highest BCUT2D eigenvalue weighted by molar-refractivity contribution is 6.36. The van der Waals surface area contributed by atoms with Crippen molar-refractivity contribution in [1.82, 2.24) is 25.4 Å². The topological polar surface area (TPSA) is 181 Å². The number of nitrogens with one attached hydrogen (secondary N) is 3. The molecule has 3 aliphatic carbocycles. The van der Waals surface area contributed by atoms with E-state index in [4.69, 9.17) is 35.5 Å². The van der Waals surface area contributed by atoms with Gasteiger partial charge in [-0.1, -0.05) is 52.6 Å². The van der Waals surface area contributed by atoms with E-state index in [0.29, 0.717) is 71.8 Å². The van der Waals surface area contributed by atoms with Crippen molar-refractivity contribution in [2.45, 2.75) is 122 Å². The fraction of sp³-hybridized carbons (Fsp3) is 0.690. The Labute approximate surface area is 345 Å². The van der Waals surface area contributed by atoms with E-state index in [2.05, 4.69) is 27.8 Å². The lowest BCUT2D eigenvalue weighted by atomic mass is 9.85. The number of amides is 3. The molecule has 1 aromatic heterocycles. The fourth-order valence-electron chi connectivity index (χ4n) is 8.57. The predicted molar refractivity (Wildman–Crippen MR) is 217 cm³/mol. The molecule has 4 N–H and O–H groups in total. The zero-order valence-corrected chi connectivity index (χ0v) is 35.1. The predicted octanol–water partition coefficient (Wildman–Crippen LogP) is 5.22. The molecule has 2 aliphatic heterocycles. The van der Waals surface area contributed by atoms with Crippen molar-refractivity contribution in [2.24, 2.45) is 17.3 Å². The summed E-state index contributed by atoms with van der Waals surface area (Å²) in [4.78, 5) is 63.1. The Morgan fingerprint density at radius 1 is 1.07 bits per heavy atom. The van der Waals surface area contributed by atoms with E-state index in [-0.39, 0.29) is 31.0 Å². The van der Waals surface area contributed by atoms with Gasteiger partial charge in [0.25, 0.3) is 0 Å². The molecule has 7 atom stereocenters. The molecule has 58 heavy (non-hydrogen) atoms. The molecular formula is C42H59ClN6O9. The van der Waals surface area contributed by atoms with Crippen LogP contribution in [-0.4, -0.2) is 126 Å². The third-order valence-electron chi connectivity index (χ3n) is 12.3. The number of likely N-dealkylation sites (tertiary alicyclic amines) is 1. The molecular weight excluding hydrogens is 768 g/mol. The van der Waals surface area contributed by atoms with Gasteiger partial charge in [0.2, 0.25) is 11.8 Å². The maximum Gasteiger partial charge on any atom is 0.408 e. The molecule has 3 heterocycles. The minimum atomic E-state index is -1.40. The molecule has 2 aromatic rings. The zero-order chi connectivity index (χ0) is 41.4. The van der Waals surface area contributed by atoms with Crippen LogP contribution >= 0.6 is 11.6 Å². The second kappa shape index (κ2) is 17.3. The number of rotatable bonds is 15. The number of pyridine rings is 1. The Kier molecular flexibility index (Phi) is 12.5. The molecule has 3 saturated carbocycles. The molecule has 0 unspecified atom stereocenters.